The summed E-state index contributed by atoms with van der Waals surface area (Å²) < 4.78 is 12.4. The monoisotopic (exact) mass is 527 g/mol. The first-order chi connectivity index (χ1) is 17.8. The van der Waals surface area contributed by atoms with E-state index in [-0.39, 0.29) is 36.3 Å². The number of carbonyl (C=O) groups excluding carboxylic acids is 2. The van der Waals surface area contributed by atoms with Crippen molar-refractivity contribution in [3.8, 4) is 0 Å². The van der Waals surface area contributed by atoms with Crippen LogP contribution in [0.3, 0.4) is 0 Å². The third-order valence-electron chi connectivity index (χ3n) is 5.81. The Bertz CT molecular complexity index is 1480. The molecule has 5 heterocycles. The van der Waals surface area contributed by atoms with Gasteiger partial charge in [-0.15, -0.1) is 11.8 Å². The van der Waals surface area contributed by atoms with E-state index in [0.29, 0.717) is 11.3 Å². The first-order valence-electron chi connectivity index (χ1n) is 11.3. The number of β-lactam (4-membered cyclic amide) rings is 1. The second kappa shape index (κ2) is 9.61. The van der Waals surface area contributed by atoms with Crippen LogP contribution < -0.4 is 15.6 Å². The number of anilines is 1. The molecule has 37 heavy (non-hydrogen) atoms. The number of hydrogen-bond acceptors (Lipinski definition) is 10. The van der Waals surface area contributed by atoms with E-state index in [4.69, 9.17) is 19.4 Å². The van der Waals surface area contributed by atoms with E-state index in [2.05, 4.69) is 15.5 Å². The lowest BCUT2D eigenvalue weighted by molar-refractivity contribution is -0.687. The number of fused-ring (bicyclic) bond motifs is 2. The van der Waals surface area contributed by atoms with E-state index in [0.717, 1.165) is 23.0 Å². The standard InChI is InChI=1S/C23H22N6O7S/c1-3-35-27-16(14-9-34-23(24)25-14)19(30)26-17-20(31)29-18(22(32)33)13(10-37-21(17)29)8-28-5-4-15-12(7-28)6-11(2)36-15/h4-7,9,17,21H,3,8,10H2,1-2H3,(H3-,24,25,26,30,32,33)/p+1/b27-16+/t17?,21-/m1/s1. The molecule has 192 valence electrons. The number of oxazole rings is 1. The SMILES string of the molecule is CCO/N=C(/C(=O)NC1C(=O)N2C(C(=O)O)=C(C[n+]3ccc4oc(C)cc4c3)CS[C@H]12)c1coc(N)n1. The Balaban J connectivity index is 1.35. The van der Waals surface area contributed by atoms with Crippen LogP contribution in [0.1, 0.15) is 18.4 Å². The van der Waals surface area contributed by atoms with Gasteiger partial charge >= 0.3 is 5.97 Å². The van der Waals surface area contributed by atoms with Gasteiger partial charge < -0.3 is 29.8 Å². The summed E-state index contributed by atoms with van der Waals surface area (Å²) in [4.78, 5) is 48.3. The summed E-state index contributed by atoms with van der Waals surface area (Å²) in [6, 6.07) is 2.59. The summed E-state index contributed by atoms with van der Waals surface area (Å²) >= 11 is 1.36. The molecule has 0 spiro atoms. The summed E-state index contributed by atoms with van der Waals surface area (Å²) in [5.74, 6) is -1.35. The molecule has 3 aromatic heterocycles. The van der Waals surface area contributed by atoms with Crippen molar-refractivity contribution in [2.45, 2.75) is 31.8 Å². The highest BCUT2D eigenvalue weighted by Crippen LogP contribution is 2.40. The number of oxime groups is 1. The largest absolute Gasteiger partial charge is 0.477 e. The molecule has 0 aromatic carbocycles. The van der Waals surface area contributed by atoms with Crippen LogP contribution in [0.5, 0.6) is 0 Å². The van der Waals surface area contributed by atoms with Crippen LogP contribution in [0.15, 0.2) is 56.0 Å². The van der Waals surface area contributed by atoms with Crippen molar-refractivity contribution in [2.75, 3.05) is 18.1 Å². The fourth-order valence-corrected chi connectivity index (χ4v) is 5.57. The number of carbonyl (C=O) groups is 3. The van der Waals surface area contributed by atoms with Gasteiger partial charge in [0.25, 0.3) is 17.8 Å². The maximum Gasteiger partial charge on any atom is 0.352 e. The Morgan fingerprint density at radius 1 is 1.46 bits per heavy atom. The van der Waals surface area contributed by atoms with E-state index in [1.54, 1.807) is 13.1 Å². The van der Waals surface area contributed by atoms with Crippen molar-refractivity contribution >= 4 is 52.2 Å². The highest BCUT2D eigenvalue weighted by atomic mass is 32.2. The Morgan fingerprint density at radius 3 is 2.97 bits per heavy atom. The number of aliphatic carboxylic acids is 1. The number of nitrogen functional groups attached to an aromatic ring is 1. The maximum absolute atomic E-state index is 13.1. The van der Waals surface area contributed by atoms with E-state index < -0.39 is 29.2 Å². The number of hydrogen-bond donors (Lipinski definition) is 3. The Labute approximate surface area is 213 Å². The van der Waals surface area contributed by atoms with E-state index in [9.17, 15) is 19.5 Å². The van der Waals surface area contributed by atoms with Gasteiger partial charge in [0.2, 0.25) is 0 Å². The van der Waals surface area contributed by atoms with Crippen LogP contribution >= 0.6 is 11.8 Å². The third kappa shape index (κ3) is 4.50. The second-order valence-corrected chi connectivity index (χ2v) is 9.45. The van der Waals surface area contributed by atoms with Crippen LogP contribution in [-0.4, -0.2) is 62.3 Å². The van der Waals surface area contributed by atoms with Gasteiger partial charge in [-0.25, -0.2) is 9.36 Å². The van der Waals surface area contributed by atoms with Gasteiger partial charge in [-0.3, -0.25) is 14.5 Å². The van der Waals surface area contributed by atoms with E-state index in [1.807, 2.05) is 29.8 Å². The molecular weight excluding hydrogens is 504 g/mol. The first-order valence-corrected chi connectivity index (χ1v) is 12.3. The number of nitrogens with two attached hydrogens (primary N) is 1. The van der Waals surface area contributed by atoms with Crippen molar-refractivity contribution in [3.05, 3.63) is 53.5 Å². The average molecular weight is 528 g/mol. The molecule has 13 nitrogen and oxygen atoms in total. The van der Waals surface area contributed by atoms with Crippen LogP contribution in [0, 0.1) is 6.92 Å². The van der Waals surface area contributed by atoms with Crippen molar-refractivity contribution in [1.29, 1.82) is 0 Å². The normalized spacial score (nSPS) is 19.6. The molecule has 2 aliphatic rings. The number of amides is 2. The minimum absolute atomic E-state index is 0.0404. The van der Waals surface area contributed by atoms with Gasteiger partial charge in [-0.05, 0) is 19.9 Å². The number of pyridine rings is 1. The quantitative estimate of drug-likeness (QED) is 0.164. The highest BCUT2D eigenvalue weighted by molar-refractivity contribution is 8.00. The predicted molar refractivity (Wildman–Crippen MR) is 130 cm³/mol. The van der Waals surface area contributed by atoms with Crippen LogP contribution in [0.2, 0.25) is 0 Å². The number of furan rings is 1. The minimum Gasteiger partial charge on any atom is -0.477 e. The van der Waals surface area contributed by atoms with Gasteiger partial charge in [-0.2, -0.15) is 4.98 Å². The second-order valence-electron chi connectivity index (χ2n) is 8.34. The summed E-state index contributed by atoms with van der Waals surface area (Å²) in [6.45, 7) is 4.01. The smallest absolute Gasteiger partial charge is 0.352 e. The van der Waals surface area contributed by atoms with Gasteiger partial charge in [0.1, 0.15) is 47.0 Å². The molecule has 0 saturated carbocycles. The molecule has 1 unspecified atom stereocenters. The molecular formula is C23H23N6O7S+. The molecule has 2 amide bonds. The zero-order valence-corrected chi connectivity index (χ0v) is 20.7. The number of aryl methyl sites for hydroxylation is 1. The Morgan fingerprint density at radius 2 is 2.27 bits per heavy atom. The predicted octanol–water partition coefficient (Wildman–Crippen LogP) is 0.778. The summed E-state index contributed by atoms with van der Waals surface area (Å²) in [5, 5.41) is 16.7. The first kappa shape index (κ1) is 24.4. The number of carboxylic acids is 1. The Kier molecular flexibility index (Phi) is 6.33. The van der Waals surface area contributed by atoms with E-state index in [1.165, 1.54) is 16.7 Å². The zero-order valence-electron chi connectivity index (χ0n) is 19.8. The van der Waals surface area contributed by atoms with Crippen molar-refractivity contribution in [3.63, 3.8) is 0 Å². The average Bonchev–Trinajstić information content (AvgIpc) is 3.46. The molecule has 2 aliphatic heterocycles. The van der Waals surface area contributed by atoms with Gasteiger partial charge in [0.15, 0.2) is 24.7 Å². The maximum atomic E-state index is 13.1. The molecule has 5 rings (SSSR count). The van der Waals surface area contributed by atoms with Crippen LogP contribution in [-0.2, 0) is 25.8 Å². The number of nitrogens with zero attached hydrogens (tertiary/aromatic N) is 4. The fraction of sp³-hybridized carbons (Fsp3) is 0.304. The topological polar surface area (TPSA) is 177 Å². The van der Waals surface area contributed by atoms with Crippen molar-refractivity contribution in [1.82, 2.24) is 15.2 Å². The number of aromatic nitrogens is 2. The molecule has 14 heteroatoms. The zero-order chi connectivity index (χ0) is 26.3. The number of rotatable bonds is 8. The Hall–Kier alpha value is -4.33. The fourth-order valence-electron chi connectivity index (χ4n) is 4.23. The summed E-state index contributed by atoms with van der Waals surface area (Å²) in [7, 11) is 0. The molecule has 0 radical (unpaired) electrons. The van der Waals surface area contributed by atoms with E-state index >= 15 is 0 Å². The summed E-state index contributed by atoms with van der Waals surface area (Å²) in [6.07, 6.45) is 4.81. The molecule has 0 bridgehead atoms. The lowest BCUT2D eigenvalue weighted by atomic mass is 10.0. The van der Waals surface area contributed by atoms with Gasteiger partial charge in [0.05, 0.1) is 5.39 Å². The van der Waals surface area contributed by atoms with Crippen LogP contribution in [0.4, 0.5) is 6.01 Å². The third-order valence-corrected chi connectivity index (χ3v) is 7.15. The lowest BCUT2D eigenvalue weighted by Gasteiger charge is -2.49. The molecule has 3 aromatic rings. The van der Waals surface area contributed by atoms with Gasteiger partial charge in [0, 0.05) is 17.4 Å². The lowest BCUT2D eigenvalue weighted by Crippen LogP contribution is -2.71. The highest BCUT2D eigenvalue weighted by Gasteiger charge is 2.54. The number of thioether (sulfide) groups is 1. The number of nitrogens with one attached hydrogen (secondary N) is 1. The van der Waals surface area contributed by atoms with Crippen LogP contribution in [0.25, 0.3) is 11.0 Å². The van der Waals surface area contributed by atoms with Crippen molar-refractivity contribution in [2.24, 2.45) is 5.16 Å². The van der Waals surface area contributed by atoms with Crippen molar-refractivity contribution < 1.29 is 37.7 Å². The van der Waals surface area contributed by atoms with Gasteiger partial charge in [-0.1, -0.05) is 5.16 Å². The molecule has 0 aliphatic carbocycles. The minimum atomic E-state index is -1.21. The molecule has 1 fully saturated rings. The molecule has 2 atom stereocenters. The molecule has 4 N–H and O–H groups in total. The molecule has 1 saturated heterocycles. The summed E-state index contributed by atoms with van der Waals surface area (Å²) in [5.41, 5.74) is 6.55. The number of carboxylic acid groups (broad SMARTS) is 1.